The van der Waals surface area contributed by atoms with Crippen molar-refractivity contribution in [3.05, 3.63) is 0 Å². The summed E-state index contributed by atoms with van der Waals surface area (Å²) >= 11 is -2.94. The molecule has 1 N–H and O–H groups in total. The predicted molar refractivity (Wildman–Crippen MR) is 66.1 cm³/mol. The molecule has 1 rings (SSSR count). The van der Waals surface area contributed by atoms with E-state index in [2.05, 4.69) is 6.92 Å². The van der Waals surface area contributed by atoms with Crippen LogP contribution in [0, 0.1) is 0 Å². The molecule has 1 saturated heterocycles. The van der Waals surface area contributed by atoms with Gasteiger partial charge in [-0.05, 0) is 0 Å². The molecule has 0 aromatic heterocycles. The normalized spacial score (nSPS) is 26.8. The fourth-order valence-corrected chi connectivity index (χ4v) is 9.83. The number of unbranched alkanes of at least 4 members (excludes halogenated alkanes) is 5. The van der Waals surface area contributed by atoms with Crippen LogP contribution in [0.3, 0.4) is 0 Å². The SMILES string of the molecule is CCCCCCC[CH2][Sn]1([OH])[CH2]CCC[O]1. The van der Waals surface area contributed by atoms with Crippen molar-refractivity contribution in [1.82, 2.24) is 0 Å². The van der Waals surface area contributed by atoms with Gasteiger partial charge < -0.3 is 0 Å². The van der Waals surface area contributed by atoms with E-state index in [1.807, 2.05) is 0 Å². The van der Waals surface area contributed by atoms with Gasteiger partial charge in [-0.1, -0.05) is 0 Å². The van der Waals surface area contributed by atoms with Crippen molar-refractivity contribution < 1.29 is 6.52 Å². The quantitative estimate of drug-likeness (QED) is 0.574. The van der Waals surface area contributed by atoms with Gasteiger partial charge in [-0.25, -0.2) is 0 Å². The average Bonchev–Trinajstić information content (AvgIpc) is 2.24. The van der Waals surface area contributed by atoms with Crippen LogP contribution in [0.15, 0.2) is 0 Å². The molecule has 90 valence electrons. The molecule has 1 heterocycles. The third-order valence-corrected chi connectivity index (χ3v) is 11.8. The van der Waals surface area contributed by atoms with E-state index in [1.54, 1.807) is 0 Å². The number of hydrogen-bond acceptors (Lipinski definition) is 2. The van der Waals surface area contributed by atoms with Gasteiger partial charge in [0.2, 0.25) is 0 Å². The molecule has 1 fully saturated rings. The Morgan fingerprint density at radius 2 is 1.80 bits per heavy atom. The van der Waals surface area contributed by atoms with Gasteiger partial charge in [-0.2, -0.15) is 0 Å². The predicted octanol–water partition coefficient (Wildman–Crippen LogP) is 3.59. The molecule has 0 radical (unpaired) electrons. The minimum absolute atomic E-state index is 0.836. The van der Waals surface area contributed by atoms with Crippen molar-refractivity contribution in [3.63, 3.8) is 0 Å². The molecular weight excluding hydrogens is 295 g/mol. The second kappa shape index (κ2) is 7.91. The van der Waals surface area contributed by atoms with Crippen LogP contribution < -0.4 is 0 Å². The van der Waals surface area contributed by atoms with Crippen molar-refractivity contribution >= 4 is 19.2 Å². The Labute approximate surface area is 99.4 Å². The van der Waals surface area contributed by atoms with Crippen LogP contribution in [0.25, 0.3) is 0 Å². The summed E-state index contributed by atoms with van der Waals surface area (Å²) in [6.45, 7) is 3.08. The topological polar surface area (TPSA) is 29.5 Å². The van der Waals surface area contributed by atoms with Crippen LogP contribution in [0.4, 0.5) is 0 Å². The third kappa shape index (κ3) is 6.12. The molecule has 0 spiro atoms. The average molecular weight is 321 g/mol. The monoisotopic (exact) mass is 322 g/mol. The van der Waals surface area contributed by atoms with E-state index in [0.29, 0.717) is 0 Å². The van der Waals surface area contributed by atoms with Gasteiger partial charge in [0, 0.05) is 0 Å². The summed E-state index contributed by atoms with van der Waals surface area (Å²) in [6, 6.07) is 0. The summed E-state index contributed by atoms with van der Waals surface area (Å²) in [5.41, 5.74) is 0. The van der Waals surface area contributed by atoms with E-state index >= 15 is 0 Å². The Hall–Kier alpha value is 0.719. The zero-order valence-corrected chi connectivity index (χ0v) is 13.0. The van der Waals surface area contributed by atoms with E-state index in [0.717, 1.165) is 21.9 Å². The summed E-state index contributed by atoms with van der Waals surface area (Å²) in [5, 5.41) is 0. The first-order valence-corrected chi connectivity index (χ1v) is 13.1. The number of hydrogen-bond donors (Lipinski definition) is 1. The molecule has 1 atom stereocenters. The van der Waals surface area contributed by atoms with E-state index in [4.69, 9.17) is 3.07 Å². The third-order valence-electron chi connectivity index (χ3n) is 3.25. The molecule has 1 unspecified atom stereocenters. The Balaban J connectivity index is 1.98. The van der Waals surface area contributed by atoms with Crippen molar-refractivity contribution in [2.45, 2.75) is 67.2 Å². The van der Waals surface area contributed by atoms with Crippen molar-refractivity contribution in [3.8, 4) is 0 Å². The molecule has 15 heavy (non-hydrogen) atoms. The van der Waals surface area contributed by atoms with E-state index in [-0.39, 0.29) is 0 Å². The van der Waals surface area contributed by atoms with Crippen LogP contribution in [-0.4, -0.2) is 29.3 Å². The van der Waals surface area contributed by atoms with Crippen molar-refractivity contribution in [1.29, 1.82) is 0 Å². The standard InChI is InChI=1S/C8H17.C4H8O.H2O.Sn/c1-3-5-7-8-6-4-2;1-2-3-4-5;;/h1,3-8H2,2H3;1-4H2;1H2;/q;-1;;+2/p-1. The molecule has 0 bridgehead atoms. The summed E-state index contributed by atoms with van der Waals surface area (Å²) < 4.78 is 18.0. The Morgan fingerprint density at radius 3 is 2.47 bits per heavy atom. The minimum atomic E-state index is -2.94. The fourth-order valence-electron chi connectivity index (χ4n) is 2.22. The molecule has 2 nitrogen and oxygen atoms in total. The zero-order valence-electron chi connectivity index (χ0n) is 10.1. The summed E-state index contributed by atoms with van der Waals surface area (Å²) in [5.74, 6) is 0. The van der Waals surface area contributed by atoms with Gasteiger partial charge >= 0.3 is 99.5 Å². The Morgan fingerprint density at radius 1 is 1.07 bits per heavy atom. The number of rotatable bonds is 7. The molecular formula is C12H26O2Sn. The van der Waals surface area contributed by atoms with Crippen molar-refractivity contribution in [2.24, 2.45) is 0 Å². The molecule has 0 aromatic rings. The second-order valence-electron chi connectivity index (χ2n) is 4.77. The van der Waals surface area contributed by atoms with Crippen LogP contribution in [0.1, 0.15) is 58.3 Å². The van der Waals surface area contributed by atoms with Gasteiger partial charge in [0.25, 0.3) is 0 Å². The maximum atomic E-state index is 10.3. The molecule has 0 saturated carbocycles. The van der Waals surface area contributed by atoms with Crippen LogP contribution >= 0.6 is 0 Å². The first-order valence-electron chi connectivity index (χ1n) is 6.63. The molecule has 0 aromatic carbocycles. The first-order chi connectivity index (χ1) is 7.27. The summed E-state index contributed by atoms with van der Waals surface area (Å²) in [4.78, 5) is 0. The summed E-state index contributed by atoms with van der Waals surface area (Å²) in [7, 11) is 0. The maximum absolute atomic E-state index is 10.3. The van der Waals surface area contributed by atoms with E-state index in [1.165, 1.54) is 44.9 Å². The van der Waals surface area contributed by atoms with E-state index in [9.17, 15) is 3.44 Å². The zero-order chi connectivity index (χ0) is 11.0. The van der Waals surface area contributed by atoms with Crippen LogP contribution in [0.5, 0.6) is 0 Å². The first kappa shape index (κ1) is 13.8. The molecule has 1 aliphatic rings. The van der Waals surface area contributed by atoms with Gasteiger partial charge in [0.05, 0.1) is 0 Å². The molecule has 0 aliphatic carbocycles. The summed E-state index contributed by atoms with van der Waals surface area (Å²) in [6.07, 6.45) is 10.3. The Kier molecular flexibility index (Phi) is 7.26. The molecule has 3 heteroatoms. The van der Waals surface area contributed by atoms with E-state index < -0.39 is 19.2 Å². The van der Waals surface area contributed by atoms with Gasteiger partial charge in [0.1, 0.15) is 0 Å². The molecule has 1 aliphatic heterocycles. The van der Waals surface area contributed by atoms with Crippen LogP contribution in [0.2, 0.25) is 8.87 Å². The molecule has 0 amide bonds. The second-order valence-corrected chi connectivity index (χ2v) is 13.8. The van der Waals surface area contributed by atoms with Gasteiger partial charge in [0.15, 0.2) is 0 Å². The fraction of sp³-hybridized carbons (Fsp3) is 1.00. The van der Waals surface area contributed by atoms with Gasteiger partial charge in [-0.15, -0.1) is 0 Å². The Bertz CT molecular complexity index is 156. The van der Waals surface area contributed by atoms with Crippen molar-refractivity contribution in [2.75, 3.05) is 6.61 Å². The van der Waals surface area contributed by atoms with Gasteiger partial charge in [-0.3, -0.25) is 0 Å². The van der Waals surface area contributed by atoms with Crippen LogP contribution in [-0.2, 0) is 3.07 Å².